The van der Waals surface area contributed by atoms with Crippen LogP contribution in [0.1, 0.15) is 19.4 Å². The lowest BCUT2D eigenvalue weighted by Gasteiger charge is -2.36. The third-order valence-electron chi connectivity index (χ3n) is 4.88. The molecule has 0 bridgehead atoms. The van der Waals surface area contributed by atoms with E-state index in [0.717, 1.165) is 51.6 Å². The van der Waals surface area contributed by atoms with Crippen LogP contribution < -0.4 is 5.32 Å². The molecule has 2 aromatic carbocycles. The van der Waals surface area contributed by atoms with E-state index >= 15 is 0 Å². The molecule has 26 heavy (non-hydrogen) atoms. The van der Waals surface area contributed by atoms with Gasteiger partial charge in [-0.05, 0) is 29.7 Å². The highest BCUT2D eigenvalue weighted by Gasteiger charge is 2.20. The van der Waals surface area contributed by atoms with Crippen molar-refractivity contribution in [2.75, 3.05) is 39.3 Å². The Morgan fingerprint density at radius 2 is 1.73 bits per heavy atom. The maximum atomic E-state index is 11.5. The van der Waals surface area contributed by atoms with Crippen molar-refractivity contribution in [2.45, 2.75) is 20.3 Å². The van der Waals surface area contributed by atoms with Crippen LogP contribution in [0.2, 0.25) is 0 Å². The lowest BCUT2D eigenvalue weighted by Crippen LogP contribution is -2.53. The lowest BCUT2D eigenvalue weighted by molar-refractivity contribution is -0.130. The molecule has 1 fully saturated rings. The van der Waals surface area contributed by atoms with Crippen molar-refractivity contribution in [3.05, 3.63) is 48.0 Å². The summed E-state index contributed by atoms with van der Waals surface area (Å²) < 4.78 is 0. The van der Waals surface area contributed by atoms with E-state index in [0.29, 0.717) is 0 Å². The Labute approximate surface area is 155 Å². The molecule has 0 unspecified atom stereocenters. The highest BCUT2D eigenvalue weighted by Crippen LogP contribution is 2.18. The quantitative estimate of drug-likeness (QED) is 0.679. The van der Waals surface area contributed by atoms with Crippen molar-refractivity contribution in [3.8, 4) is 0 Å². The van der Waals surface area contributed by atoms with Crippen molar-refractivity contribution in [2.24, 2.45) is 4.99 Å². The van der Waals surface area contributed by atoms with Crippen LogP contribution >= 0.6 is 0 Å². The molecule has 1 amide bonds. The third-order valence-corrected chi connectivity index (χ3v) is 4.88. The first kappa shape index (κ1) is 18.2. The summed E-state index contributed by atoms with van der Waals surface area (Å²) in [5.41, 5.74) is 1.34. The highest BCUT2D eigenvalue weighted by atomic mass is 16.2. The average molecular weight is 352 g/mol. The molecule has 138 valence electrons. The molecular formula is C21H28N4O. The summed E-state index contributed by atoms with van der Waals surface area (Å²) in [6, 6.07) is 15.0. The number of benzene rings is 2. The number of piperazine rings is 1. The van der Waals surface area contributed by atoms with Gasteiger partial charge in [0.25, 0.3) is 0 Å². The van der Waals surface area contributed by atoms with Crippen molar-refractivity contribution < 1.29 is 4.79 Å². The molecule has 5 heteroatoms. The Balaban J connectivity index is 1.65. The Morgan fingerprint density at radius 3 is 2.46 bits per heavy atom. The van der Waals surface area contributed by atoms with Gasteiger partial charge in [-0.3, -0.25) is 9.79 Å². The summed E-state index contributed by atoms with van der Waals surface area (Å²) >= 11 is 0. The zero-order chi connectivity index (χ0) is 18.4. The van der Waals surface area contributed by atoms with Crippen LogP contribution in [0.15, 0.2) is 47.5 Å². The number of hydrogen-bond donors (Lipinski definition) is 1. The number of aliphatic imine (C=N–C) groups is 1. The Bertz CT molecular complexity index is 773. The fraction of sp³-hybridized carbons (Fsp3) is 0.429. The zero-order valence-electron chi connectivity index (χ0n) is 15.7. The number of hydrogen-bond acceptors (Lipinski definition) is 2. The van der Waals surface area contributed by atoms with Gasteiger partial charge in [0, 0.05) is 46.2 Å². The molecule has 1 N–H and O–H groups in total. The van der Waals surface area contributed by atoms with E-state index in [9.17, 15) is 4.79 Å². The minimum absolute atomic E-state index is 0.155. The van der Waals surface area contributed by atoms with Crippen LogP contribution in [-0.4, -0.2) is 60.9 Å². The molecule has 0 spiro atoms. The smallest absolute Gasteiger partial charge is 0.219 e. The van der Waals surface area contributed by atoms with E-state index in [2.05, 4.69) is 59.6 Å². The third kappa shape index (κ3) is 4.34. The summed E-state index contributed by atoms with van der Waals surface area (Å²) in [4.78, 5) is 20.5. The highest BCUT2D eigenvalue weighted by molar-refractivity contribution is 5.85. The summed E-state index contributed by atoms with van der Waals surface area (Å²) in [5.74, 6) is 1.11. The van der Waals surface area contributed by atoms with E-state index in [4.69, 9.17) is 4.99 Å². The molecule has 0 aliphatic carbocycles. The normalized spacial score (nSPS) is 15.4. The van der Waals surface area contributed by atoms with Gasteiger partial charge in [0.15, 0.2) is 5.96 Å². The Kier molecular flexibility index (Phi) is 6.10. The van der Waals surface area contributed by atoms with Crippen LogP contribution in [0.5, 0.6) is 0 Å². The van der Waals surface area contributed by atoms with Crippen molar-refractivity contribution in [1.82, 2.24) is 15.1 Å². The molecule has 1 aliphatic heterocycles. The van der Waals surface area contributed by atoms with Gasteiger partial charge >= 0.3 is 0 Å². The number of guanidine groups is 1. The van der Waals surface area contributed by atoms with Crippen LogP contribution in [0.25, 0.3) is 10.8 Å². The van der Waals surface area contributed by atoms with Gasteiger partial charge in [0.1, 0.15) is 0 Å². The summed E-state index contributed by atoms with van der Waals surface area (Å²) in [5, 5.41) is 5.98. The molecular weight excluding hydrogens is 324 g/mol. The number of nitrogens with zero attached hydrogens (tertiary/aromatic N) is 3. The minimum Gasteiger partial charge on any atom is -0.357 e. The summed E-state index contributed by atoms with van der Waals surface area (Å²) in [6.07, 6.45) is 0.920. The molecule has 1 heterocycles. The van der Waals surface area contributed by atoms with E-state index in [-0.39, 0.29) is 5.91 Å². The Hall–Kier alpha value is -2.56. The fourth-order valence-electron chi connectivity index (χ4n) is 3.45. The van der Waals surface area contributed by atoms with Gasteiger partial charge in [0.05, 0.1) is 0 Å². The molecule has 0 saturated carbocycles. The van der Waals surface area contributed by atoms with Crippen LogP contribution in [0.4, 0.5) is 0 Å². The molecule has 0 radical (unpaired) electrons. The van der Waals surface area contributed by atoms with Crippen molar-refractivity contribution in [1.29, 1.82) is 0 Å². The van der Waals surface area contributed by atoms with Crippen LogP contribution in [-0.2, 0) is 11.2 Å². The monoisotopic (exact) mass is 352 g/mol. The number of carbonyl (C=O) groups is 1. The molecule has 5 nitrogen and oxygen atoms in total. The molecule has 3 rings (SSSR count). The standard InChI is InChI=1S/C21H28N4O/c1-3-22-21(25-15-13-24(14-16-25)17(2)26)23-12-11-19-9-6-8-18-7-4-5-10-20(18)19/h4-10H,3,11-16H2,1-2H3,(H,22,23). The molecule has 2 aromatic rings. The lowest BCUT2D eigenvalue weighted by atomic mass is 10.0. The summed E-state index contributed by atoms with van der Waals surface area (Å²) in [7, 11) is 0. The predicted octanol–water partition coefficient (Wildman–Crippen LogP) is 2.51. The van der Waals surface area contributed by atoms with Crippen molar-refractivity contribution >= 4 is 22.6 Å². The maximum Gasteiger partial charge on any atom is 0.219 e. The number of fused-ring (bicyclic) bond motifs is 1. The van der Waals surface area contributed by atoms with Gasteiger partial charge in [0.2, 0.25) is 5.91 Å². The maximum absolute atomic E-state index is 11.5. The number of rotatable bonds is 4. The van der Waals surface area contributed by atoms with Gasteiger partial charge in [-0.1, -0.05) is 42.5 Å². The molecule has 1 aliphatic rings. The fourth-order valence-corrected chi connectivity index (χ4v) is 3.45. The molecule has 0 aromatic heterocycles. The van der Waals surface area contributed by atoms with Crippen LogP contribution in [0.3, 0.4) is 0 Å². The van der Waals surface area contributed by atoms with Gasteiger partial charge in [-0.15, -0.1) is 0 Å². The first-order valence-electron chi connectivity index (χ1n) is 9.44. The first-order valence-corrected chi connectivity index (χ1v) is 9.44. The van der Waals surface area contributed by atoms with E-state index in [1.165, 1.54) is 16.3 Å². The molecule has 1 saturated heterocycles. The SMILES string of the molecule is CCNC(=NCCc1cccc2ccccc12)N1CCN(C(C)=O)CC1. The number of amides is 1. The largest absolute Gasteiger partial charge is 0.357 e. The number of nitrogens with one attached hydrogen (secondary N) is 1. The second kappa shape index (κ2) is 8.70. The average Bonchev–Trinajstić information content (AvgIpc) is 2.67. The van der Waals surface area contributed by atoms with Gasteiger partial charge < -0.3 is 15.1 Å². The minimum atomic E-state index is 0.155. The topological polar surface area (TPSA) is 47.9 Å². The van der Waals surface area contributed by atoms with E-state index < -0.39 is 0 Å². The second-order valence-corrected chi connectivity index (χ2v) is 6.62. The van der Waals surface area contributed by atoms with Crippen molar-refractivity contribution in [3.63, 3.8) is 0 Å². The van der Waals surface area contributed by atoms with Gasteiger partial charge in [-0.2, -0.15) is 0 Å². The predicted molar refractivity (Wildman–Crippen MR) is 107 cm³/mol. The summed E-state index contributed by atoms with van der Waals surface area (Å²) in [6.45, 7) is 8.53. The van der Waals surface area contributed by atoms with E-state index in [1.54, 1.807) is 6.92 Å². The van der Waals surface area contributed by atoms with E-state index in [1.807, 2.05) is 4.90 Å². The molecule has 0 atom stereocenters. The number of carbonyl (C=O) groups excluding carboxylic acids is 1. The first-order chi connectivity index (χ1) is 12.7. The van der Waals surface area contributed by atoms with Gasteiger partial charge in [-0.25, -0.2) is 0 Å². The van der Waals surface area contributed by atoms with Crippen LogP contribution in [0, 0.1) is 0 Å². The second-order valence-electron chi connectivity index (χ2n) is 6.62. The Morgan fingerprint density at radius 1 is 1.04 bits per heavy atom. The zero-order valence-corrected chi connectivity index (χ0v) is 15.7.